The maximum atomic E-state index is 11.2. The summed E-state index contributed by atoms with van der Waals surface area (Å²) in [7, 11) is 3.45. The molecule has 3 aliphatic carbocycles. The van der Waals surface area contributed by atoms with Gasteiger partial charge in [0.05, 0.1) is 14.2 Å². The second kappa shape index (κ2) is 7.31. The lowest BCUT2D eigenvalue weighted by molar-refractivity contribution is -0.0646. The highest BCUT2D eigenvalue weighted by Gasteiger charge is 2.61. The fourth-order valence-electron chi connectivity index (χ4n) is 7.02. The molecule has 0 radical (unpaired) electrons. The minimum Gasteiger partial charge on any atom is -0.497 e. The summed E-state index contributed by atoms with van der Waals surface area (Å²) in [5.41, 5.74) is 4.07. The summed E-state index contributed by atoms with van der Waals surface area (Å²) in [5, 5.41) is 11.2. The third-order valence-corrected chi connectivity index (χ3v) is 8.84. The van der Waals surface area contributed by atoms with E-state index in [1.165, 1.54) is 17.5 Å². The van der Waals surface area contributed by atoms with Gasteiger partial charge >= 0.3 is 0 Å². The molecule has 31 heavy (non-hydrogen) atoms. The number of aryl methyl sites for hydroxylation is 1. The van der Waals surface area contributed by atoms with E-state index in [1.807, 2.05) is 12.1 Å². The van der Waals surface area contributed by atoms with Crippen molar-refractivity contribution in [1.29, 1.82) is 0 Å². The van der Waals surface area contributed by atoms with Gasteiger partial charge in [-0.25, -0.2) is 0 Å². The lowest BCUT2D eigenvalue weighted by Gasteiger charge is -2.52. The molecule has 2 aromatic rings. The van der Waals surface area contributed by atoms with Crippen molar-refractivity contribution in [3.63, 3.8) is 0 Å². The van der Waals surface area contributed by atoms with Crippen molar-refractivity contribution in [3.05, 3.63) is 47.5 Å². The third kappa shape index (κ3) is 2.92. The minimum absolute atomic E-state index is 0.161. The van der Waals surface area contributed by atoms with Crippen molar-refractivity contribution in [3.8, 4) is 35.0 Å². The van der Waals surface area contributed by atoms with Crippen LogP contribution in [-0.4, -0.2) is 24.9 Å². The highest BCUT2D eigenvalue weighted by molar-refractivity contribution is 5.73. The molecule has 5 rings (SSSR count). The molecule has 0 spiro atoms. The predicted octanol–water partition coefficient (Wildman–Crippen LogP) is 5.59. The van der Waals surface area contributed by atoms with Crippen molar-refractivity contribution in [2.24, 2.45) is 17.3 Å². The smallest absolute Gasteiger partial charge is 0.130 e. The maximum absolute atomic E-state index is 11.2. The summed E-state index contributed by atoms with van der Waals surface area (Å²) in [5.74, 6) is 6.18. The highest BCUT2D eigenvalue weighted by Crippen LogP contribution is 2.64. The fraction of sp³-hybridized carbons (Fsp3) is 0.500. The molecule has 0 aliphatic heterocycles. The third-order valence-electron chi connectivity index (χ3n) is 8.84. The molecule has 3 nitrogen and oxygen atoms in total. The van der Waals surface area contributed by atoms with E-state index in [-0.39, 0.29) is 5.41 Å². The average molecular weight is 417 g/mol. The summed E-state index contributed by atoms with van der Waals surface area (Å²) >= 11 is 0. The van der Waals surface area contributed by atoms with E-state index in [1.54, 1.807) is 14.2 Å². The van der Waals surface area contributed by atoms with Gasteiger partial charge < -0.3 is 14.6 Å². The number of aliphatic hydroxyl groups is 1. The quantitative estimate of drug-likeness (QED) is 0.663. The standard InChI is InChI=1S/C28H32O3/c1-5-28(29)15-13-25-22-11-8-19-16-26(31-4)24(18-6-9-20(30-3)10-7-18)17-23(19)21(22)12-14-27(25,28)2/h1,6-7,9-10,16-17,21-22,25,29H,8,11-15H2,2-4H3/t21-,22+,25-,27-,28-/m0/s1. The number of rotatable bonds is 3. The van der Waals surface area contributed by atoms with Gasteiger partial charge in [-0.1, -0.05) is 25.0 Å². The number of methoxy groups -OCH3 is 2. The monoisotopic (exact) mass is 416 g/mol. The summed E-state index contributed by atoms with van der Waals surface area (Å²) in [6.07, 6.45) is 11.9. The van der Waals surface area contributed by atoms with E-state index in [0.717, 1.165) is 54.7 Å². The van der Waals surface area contributed by atoms with Crippen LogP contribution in [-0.2, 0) is 6.42 Å². The van der Waals surface area contributed by atoms with E-state index < -0.39 is 5.60 Å². The van der Waals surface area contributed by atoms with Crippen molar-refractivity contribution < 1.29 is 14.6 Å². The zero-order chi connectivity index (χ0) is 21.8. The number of benzene rings is 2. The lowest BCUT2D eigenvalue weighted by atomic mass is 9.53. The molecule has 2 saturated carbocycles. The fourth-order valence-corrected chi connectivity index (χ4v) is 7.02. The molecule has 0 aromatic heterocycles. The second-order valence-corrected chi connectivity index (χ2v) is 9.89. The van der Waals surface area contributed by atoms with Crippen molar-refractivity contribution in [1.82, 2.24) is 0 Å². The van der Waals surface area contributed by atoms with Crippen LogP contribution >= 0.6 is 0 Å². The van der Waals surface area contributed by atoms with Gasteiger partial charge in [-0.05, 0) is 97.2 Å². The molecule has 0 amide bonds. The van der Waals surface area contributed by atoms with E-state index in [2.05, 4.69) is 37.1 Å². The molecular weight excluding hydrogens is 384 g/mol. The maximum Gasteiger partial charge on any atom is 0.130 e. The Hall–Kier alpha value is -2.44. The first-order chi connectivity index (χ1) is 14.9. The van der Waals surface area contributed by atoms with Crippen molar-refractivity contribution in [2.45, 2.75) is 57.0 Å². The first-order valence-electron chi connectivity index (χ1n) is 11.5. The topological polar surface area (TPSA) is 38.7 Å². The Morgan fingerprint density at radius 1 is 1.03 bits per heavy atom. The molecule has 3 heteroatoms. The molecule has 1 N–H and O–H groups in total. The van der Waals surface area contributed by atoms with Gasteiger partial charge in [0.1, 0.15) is 17.1 Å². The number of terminal acetylenes is 1. The summed E-state index contributed by atoms with van der Waals surface area (Å²) in [6, 6.07) is 12.8. The van der Waals surface area contributed by atoms with E-state index in [9.17, 15) is 5.11 Å². The molecule has 0 unspecified atom stereocenters. The molecule has 0 saturated heterocycles. The highest BCUT2D eigenvalue weighted by atomic mass is 16.5. The van der Waals surface area contributed by atoms with Crippen LogP contribution in [0.3, 0.4) is 0 Å². The Labute approximate surface area is 185 Å². The molecule has 162 valence electrons. The minimum atomic E-state index is -0.947. The molecule has 2 aromatic carbocycles. The Kier molecular flexibility index (Phi) is 4.83. The van der Waals surface area contributed by atoms with Crippen LogP contribution in [0.25, 0.3) is 11.1 Å². The second-order valence-electron chi connectivity index (χ2n) is 9.89. The van der Waals surface area contributed by atoms with Crippen LogP contribution in [0.1, 0.15) is 56.1 Å². The summed E-state index contributed by atoms with van der Waals surface area (Å²) < 4.78 is 11.1. The van der Waals surface area contributed by atoms with Crippen LogP contribution < -0.4 is 9.47 Å². The van der Waals surface area contributed by atoms with E-state index >= 15 is 0 Å². The van der Waals surface area contributed by atoms with Crippen LogP contribution in [0.15, 0.2) is 36.4 Å². The summed E-state index contributed by atoms with van der Waals surface area (Å²) in [6.45, 7) is 2.24. The summed E-state index contributed by atoms with van der Waals surface area (Å²) in [4.78, 5) is 0. The van der Waals surface area contributed by atoms with Gasteiger partial charge in [0.2, 0.25) is 0 Å². The zero-order valence-electron chi connectivity index (χ0n) is 18.8. The first-order valence-corrected chi connectivity index (χ1v) is 11.5. The molecule has 2 fully saturated rings. The van der Waals surface area contributed by atoms with Gasteiger partial charge in [0.15, 0.2) is 0 Å². The zero-order valence-corrected chi connectivity index (χ0v) is 18.8. The molecule has 0 bridgehead atoms. The first kappa shape index (κ1) is 20.5. The normalized spacial score (nSPS) is 33.6. The Morgan fingerprint density at radius 2 is 1.81 bits per heavy atom. The van der Waals surface area contributed by atoms with Gasteiger partial charge in [-0.15, -0.1) is 6.42 Å². The van der Waals surface area contributed by atoms with E-state index in [0.29, 0.717) is 17.8 Å². The Morgan fingerprint density at radius 3 is 2.48 bits per heavy atom. The van der Waals surface area contributed by atoms with Crippen LogP contribution in [0.5, 0.6) is 11.5 Å². The molecule has 5 atom stereocenters. The molecular formula is C28H32O3. The molecule has 0 heterocycles. The lowest BCUT2D eigenvalue weighted by Crippen LogP contribution is -2.50. The average Bonchev–Trinajstić information content (AvgIpc) is 3.09. The number of hydrogen-bond donors (Lipinski definition) is 1. The van der Waals surface area contributed by atoms with Gasteiger partial charge in [-0.3, -0.25) is 0 Å². The van der Waals surface area contributed by atoms with Crippen LogP contribution in [0.2, 0.25) is 0 Å². The largest absolute Gasteiger partial charge is 0.497 e. The SMILES string of the molecule is C#C[C@]1(O)CC[C@H]2[C@@H]3CCc4cc(OC)c(-c5ccc(OC)cc5)cc4[C@H]3CC[C@@]21C. The van der Waals surface area contributed by atoms with Gasteiger partial charge in [-0.2, -0.15) is 0 Å². The van der Waals surface area contributed by atoms with Gasteiger partial charge in [0.25, 0.3) is 0 Å². The molecule has 3 aliphatic rings. The Bertz CT molecular complexity index is 1030. The predicted molar refractivity (Wildman–Crippen MR) is 123 cm³/mol. The number of ether oxygens (including phenoxy) is 2. The van der Waals surface area contributed by atoms with Crippen molar-refractivity contribution >= 4 is 0 Å². The van der Waals surface area contributed by atoms with E-state index in [4.69, 9.17) is 15.9 Å². The van der Waals surface area contributed by atoms with Crippen LogP contribution in [0.4, 0.5) is 0 Å². The Balaban J connectivity index is 1.54. The van der Waals surface area contributed by atoms with Crippen LogP contribution in [0, 0.1) is 29.6 Å². The van der Waals surface area contributed by atoms with Crippen molar-refractivity contribution in [2.75, 3.05) is 14.2 Å². The number of fused-ring (bicyclic) bond motifs is 5. The number of hydrogen-bond acceptors (Lipinski definition) is 3. The van der Waals surface area contributed by atoms with Gasteiger partial charge in [0, 0.05) is 11.0 Å².